The largest absolute Gasteiger partial charge is 0.497 e. The summed E-state index contributed by atoms with van der Waals surface area (Å²) in [7, 11) is 1.65. The van der Waals surface area contributed by atoms with E-state index in [0.717, 1.165) is 48.9 Å². The maximum atomic E-state index is 5.61. The Morgan fingerprint density at radius 2 is 2.09 bits per heavy atom. The zero-order valence-corrected chi connectivity index (χ0v) is 13.5. The van der Waals surface area contributed by atoms with Crippen molar-refractivity contribution >= 4 is 17.5 Å². The molecule has 1 atom stereocenters. The van der Waals surface area contributed by atoms with Crippen molar-refractivity contribution in [2.24, 2.45) is 0 Å². The highest BCUT2D eigenvalue weighted by molar-refractivity contribution is 5.58. The summed E-state index contributed by atoms with van der Waals surface area (Å²) < 4.78 is 10.8. The van der Waals surface area contributed by atoms with E-state index in [-0.39, 0.29) is 6.10 Å². The van der Waals surface area contributed by atoms with Crippen LogP contribution in [-0.4, -0.2) is 36.3 Å². The Morgan fingerprint density at radius 3 is 2.78 bits per heavy atom. The molecule has 0 aliphatic carbocycles. The number of benzene rings is 1. The third-order valence-electron chi connectivity index (χ3n) is 3.73. The Kier molecular flexibility index (Phi) is 4.92. The van der Waals surface area contributed by atoms with Gasteiger partial charge >= 0.3 is 0 Å². The first kappa shape index (κ1) is 15.6. The van der Waals surface area contributed by atoms with E-state index < -0.39 is 0 Å². The highest BCUT2D eigenvalue weighted by atomic mass is 16.5. The molecule has 1 aromatic carbocycles. The van der Waals surface area contributed by atoms with Crippen LogP contribution in [0.4, 0.5) is 17.5 Å². The first-order valence-electron chi connectivity index (χ1n) is 7.85. The van der Waals surface area contributed by atoms with E-state index in [1.165, 1.54) is 0 Å². The average molecular weight is 314 g/mol. The fourth-order valence-corrected chi connectivity index (χ4v) is 2.54. The molecule has 2 heterocycles. The van der Waals surface area contributed by atoms with Crippen LogP contribution < -0.4 is 15.4 Å². The van der Waals surface area contributed by atoms with Crippen molar-refractivity contribution in [2.75, 3.05) is 30.9 Å². The summed E-state index contributed by atoms with van der Waals surface area (Å²) in [6, 6.07) is 9.65. The predicted octanol–water partition coefficient (Wildman–Crippen LogP) is 3.13. The van der Waals surface area contributed by atoms with Gasteiger partial charge in [0.15, 0.2) is 0 Å². The van der Waals surface area contributed by atoms with E-state index in [9.17, 15) is 0 Å². The number of rotatable bonds is 6. The number of nitrogens with zero attached hydrogens (tertiary/aromatic N) is 2. The Hall–Kier alpha value is -2.34. The van der Waals surface area contributed by atoms with Gasteiger partial charge in [-0.2, -0.15) is 4.98 Å². The molecular formula is C17H22N4O2. The second-order valence-electron chi connectivity index (χ2n) is 5.59. The number of aryl methyl sites for hydroxylation is 1. The minimum absolute atomic E-state index is 0.261. The molecule has 2 aromatic rings. The van der Waals surface area contributed by atoms with Crippen LogP contribution in [-0.2, 0) is 4.74 Å². The summed E-state index contributed by atoms with van der Waals surface area (Å²) in [4.78, 5) is 8.94. The standard InChI is InChI=1S/C17H22N4O2/c1-12-10-16(20-13-5-7-14(22-2)8-6-13)21-17(19-12)18-11-15-4-3-9-23-15/h5-8,10,15H,3-4,9,11H2,1-2H3,(H2,18,19,20,21). The quantitative estimate of drug-likeness (QED) is 0.854. The van der Waals surface area contributed by atoms with E-state index in [1.54, 1.807) is 7.11 Å². The van der Waals surface area contributed by atoms with Gasteiger partial charge in [0.1, 0.15) is 11.6 Å². The lowest BCUT2D eigenvalue weighted by Crippen LogP contribution is -2.20. The van der Waals surface area contributed by atoms with Gasteiger partial charge in [-0.15, -0.1) is 0 Å². The van der Waals surface area contributed by atoms with Gasteiger partial charge in [0.05, 0.1) is 13.2 Å². The third kappa shape index (κ3) is 4.32. The summed E-state index contributed by atoms with van der Waals surface area (Å²) in [6.45, 7) is 3.55. The first-order chi connectivity index (χ1) is 11.2. The minimum atomic E-state index is 0.261. The number of aromatic nitrogens is 2. The van der Waals surface area contributed by atoms with Crippen molar-refractivity contribution in [3.8, 4) is 5.75 Å². The summed E-state index contributed by atoms with van der Waals surface area (Å²) >= 11 is 0. The SMILES string of the molecule is COc1ccc(Nc2cc(C)nc(NCC3CCCO3)n2)cc1. The molecule has 122 valence electrons. The number of hydrogen-bond donors (Lipinski definition) is 2. The fraction of sp³-hybridized carbons (Fsp3) is 0.412. The molecule has 1 unspecified atom stereocenters. The van der Waals surface area contributed by atoms with Crippen LogP contribution in [0.5, 0.6) is 5.75 Å². The topological polar surface area (TPSA) is 68.3 Å². The number of anilines is 3. The van der Waals surface area contributed by atoms with Gasteiger partial charge in [-0.25, -0.2) is 4.98 Å². The maximum Gasteiger partial charge on any atom is 0.224 e. The van der Waals surface area contributed by atoms with Crippen molar-refractivity contribution in [1.29, 1.82) is 0 Å². The van der Waals surface area contributed by atoms with Crippen LogP contribution in [0.1, 0.15) is 18.5 Å². The fourth-order valence-electron chi connectivity index (χ4n) is 2.54. The monoisotopic (exact) mass is 314 g/mol. The number of nitrogens with one attached hydrogen (secondary N) is 2. The van der Waals surface area contributed by atoms with Crippen LogP contribution in [0, 0.1) is 6.92 Å². The third-order valence-corrected chi connectivity index (χ3v) is 3.73. The van der Waals surface area contributed by atoms with Gasteiger partial charge in [-0.1, -0.05) is 0 Å². The van der Waals surface area contributed by atoms with Crippen LogP contribution in [0.15, 0.2) is 30.3 Å². The molecule has 1 saturated heterocycles. The lowest BCUT2D eigenvalue weighted by molar-refractivity contribution is 0.120. The van der Waals surface area contributed by atoms with E-state index in [2.05, 4.69) is 20.6 Å². The normalized spacial score (nSPS) is 17.0. The molecule has 6 heteroatoms. The predicted molar refractivity (Wildman–Crippen MR) is 90.5 cm³/mol. The molecule has 23 heavy (non-hydrogen) atoms. The van der Waals surface area contributed by atoms with Crippen LogP contribution >= 0.6 is 0 Å². The van der Waals surface area contributed by atoms with Crippen molar-refractivity contribution < 1.29 is 9.47 Å². The molecule has 2 N–H and O–H groups in total. The van der Waals surface area contributed by atoms with Gasteiger partial charge in [0.2, 0.25) is 5.95 Å². The summed E-state index contributed by atoms with van der Waals surface area (Å²) in [5.74, 6) is 2.21. The highest BCUT2D eigenvalue weighted by Crippen LogP contribution is 2.20. The number of ether oxygens (including phenoxy) is 2. The zero-order valence-electron chi connectivity index (χ0n) is 13.5. The Bertz CT molecular complexity index is 640. The molecule has 1 aliphatic heterocycles. The second kappa shape index (κ2) is 7.28. The molecule has 0 saturated carbocycles. The Balaban J connectivity index is 1.66. The Morgan fingerprint density at radius 1 is 1.26 bits per heavy atom. The molecule has 6 nitrogen and oxygen atoms in total. The molecule has 1 fully saturated rings. The average Bonchev–Trinajstić information content (AvgIpc) is 3.07. The van der Waals surface area contributed by atoms with Crippen molar-refractivity contribution in [2.45, 2.75) is 25.9 Å². The van der Waals surface area contributed by atoms with E-state index in [1.807, 2.05) is 37.3 Å². The second-order valence-corrected chi connectivity index (χ2v) is 5.59. The van der Waals surface area contributed by atoms with Crippen molar-refractivity contribution in [3.63, 3.8) is 0 Å². The highest BCUT2D eigenvalue weighted by Gasteiger charge is 2.15. The smallest absolute Gasteiger partial charge is 0.224 e. The molecule has 0 amide bonds. The number of methoxy groups -OCH3 is 1. The number of hydrogen-bond acceptors (Lipinski definition) is 6. The van der Waals surface area contributed by atoms with Gasteiger partial charge < -0.3 is 20.1 Å². The zero-order chi connectivity index (χ0) is 16.1. The molecule has 0 spiro atoms. The van der Waals surface area contributed by atoms with Crippen LogP contribution in [0.3, 0.4) is 0 Å². The first-order valence-corrected chi connectivity index (χ1v) is 7.85. The molecular weight excluding hydrogens is 292 g/mol. The van der Waals surface area contributed by atoms with Crippen LogP contribution in [0.25, 0.3) is 0 Å². The summed E-state index contributed by atoms with van der Waals surface area (Å²) in [6.07, 6.45) is 2.48. The van der Waals surface area contributed by atoms with E-state index >= 15 is 0 Å². The lowest BCUT2D eigenvalue weighted by atomic mass is 10.2. The molecule has 1 aliphatic rings. The molecule has 3 rings (SSSR count). The molecule has 0 radical (unpaired) electrons. The van der Waals surface area contributed by atoms with Gasteiger partial charge in [0.25, 0.3) is 0 Å². The van der Waals surface area contributed by atoms with Crippen LogP contribution in [0.2, 0.25) is 0 Å². The maximum absolute atomic E-state index is 5.61. The van der Waals surface area contributed by atoms with Gasteiger partial charge in [-0.05, 0) is 44.0 Å². The van der Waals surface area contributed by atoms with E-state index in [4.69, 9.17) is 9.47 Å². The summed E-state index contributed by atoms with van der Waals surface area (Å²) in [5, 5.41) is 6.55. The minimum Gasteiger partial charge on any atom is -0.497 e. The Labute approximate surface area is 136 Å². The molecule has 0 bridgehead atoms. The van der Waals surface area contributed by atoms with E-state index in [0.29, 0.717) is 5.95 Å². The van der Waals surface area contributed by atoms with Gasteiger partial charge in [0, 0.05) is 30.6 Å². The summed E-state index contributed by atoms with van der Waals surface area (Å²) in [5.41, 5.74) is 1.86. The lowest BCUT2D eigenvalue weighted by Gasteiger charge is -2.13. The van der Waals surface area contributed by atoms with Crippen molar-refractivity contribution in [1.82, 2.24) is 9.97 Å². The van der Waals surface area contributed by atoms with Gasteiger partial charge in [-0.3, -0.25) is 0 Å². The molecule has 1 aromatic heterocycles. The van der Waals surface area contributed by atoms with Crippen molar-refractivity contribution in [3.05, 3.63) is 36.0 Å².